The van der Waals surface area contributed by atoms with Crippen LogP contribution in [0.4, 0.5) is 5.69 Å². The topological polar surface area (TPSA) is 76.5 Å². The Kier molecular flexibility index (Phi) is 3.51. The number of furan rings is 1. The molecule has 0 saturated carbocycles. The zero-order chi connectivity index (χ0) is 17.6. The lowest BCUT2D eigenvalue weighted by Crippen LogP contribution is -2.01. The largest absolute Gasteiger partial charge is 0.456 e. The number of rotatable bonds is 3. The van der Waals surface area contributed by atoms with Crippen LogP contribution < -0.4 is 0 Å². The number of nitrogens with zero attached hydrogens (tertiary/aromatic N) is 1. The summed E-state index contributed by atoms with van der Waals surface area (Å²) < 4.78 is 5.84. The molecule has 1 atom stereocenters. The van der Waals surface area contributed by atoms with E-state index in [9.17, 15) is 15.2 Å². The van der Waals surface area contributed by atoms with Crippen molar-refractivity contribution >= 4 is 27.6 Å². The minimum absolute atomic E-state index is 0.00126. The summed E-state index contributed by atoms with van der Waals surface area (Å²) >= 11 is 0. The molecule has 1 aromatic heterocycles. The number of benzene rings is 3. The molecule has 25 heavy (non-hydrogen) atoms. The van der Waals surface area contributed by atoms with Crippen molar-refractivity contribution in [3.63, 3.8) is 0 Å². The molecule has 0 spiro atoms. The Balaban J connectivity index is 1.80. The molecule has 3 aromatic carbocycles. The molecule has 0 aliphatic rings. The van der Waals surface area contributed by atoms with E-state index in [-0.39, 0.29) is 5.69 Å². The predicted octanol–water partition coefficient (Wildman–Crippen LogP) is 4.88. The average molecular weight is 333 g/mol. The van der Waals surface area contributed by atoms with E-state index in [2.05, 4.69) is 0 Å². The van der Waals surface area contributed by atoms with E-state index in [4.69, 9.17) is 4.42 Å². The normalized spacial score (nSPS) is 12.6. The summed E-state index contributed by atoms with van der Waals surface area (Å²) in [6.07, 6.45) is -0.961. The van der Waals surface area contributed by atoms with Crippen LogP contribution in [0.2, 0.25) is 0 Å². The van der Waals surface area contributed by atoms with Crippen LogP contribution >= 0.6 is 0 Å². The maximum absolute atomic E-state index is 11.1. The zero-order valence-corrected chi connectivity index (χ0v) is 13.5. The van der Waals surface area contributed by atoms with Gasteiger partial charge in [0, 0.05) is 22.4 Å². The summed E-state index contributed by atoms with van der Waals surface area (Å²) in [5.74, 6) is 0. The van der Waals surface area contributed by atoms with Crippen LogP contribution in [0.25, 0.3) is 21.9 Å². The minimum Gasteiger partial charge on any atom is -0.456 e. The van der Waals surface area contributed by atoms with E-state index in [1.807, 2.05) is 36.4 Å². The van der Waals surface area contributed by atoms with Crippen LogP contribution in [-0.2, 0) is 0 Å². The number of aliphatic hydroxyl groups excluding tert-OH is 1. The first-order valence-corrected chi connectivity index (χ1v) is 7.89. The quantitative estimate of drug-likeness (QED) is 0.428. The molecule has 1 heterocycles. The molecule has 5 nitrogen and oxygen atoms in total. The van der Waals surface area contributed by atoms with Crippen LogP contribution in [0.5, 0.6) is 0 Å². The Morgan fingerprint density at radius 1 is 0.960 bits per heavy atom. The lowest BCUT2D eigenvalue weighted by atomic mass is 9.98. The summed E-state index contributed by atoms with van der Waals surface area (Å²) in [6, 6.07) is 18.0. The van der Waals surface area contributed by atoms with Gasteiger partial charge in [-0.3, -0.25) is 10.1 Å². The monoisotopic (exact) mass is 333 g/mol. The minimum atomic E-state index is -0.961. The second kappa shape index (κ2) is 5.72. The number of nitro groups is 1. The summed E-state index contributed by atoms with van der Waals surface area (Å²) in [4.78, 5) is 10.7. The number of fused-ring (bicyclic) bond motifs is 3. The van der Waals surface area contributed by atoms with Crippen molar-refractivity contribution in [2.75, 3.05) is 0 Å². The van der Waals surface area contributed by atoms with Crippen molar-refractivity contribution in [2.24, 2.45) is 0 Å². The summed E-state index contributed by atoms with van der Waals surface area (Å²) in [6.45, 7) is 1.68. The van der Waals surface area contributed by atoms with E-state index < -0.39 is 11.0 Å². The third kappa shape index (κ3) is 2.55. The molecule has 0 saturated heterocycles. The van der Waals surface area contributed by atoms with Crippen LogP contribution in [-0.4, -0.2) is 10.0 Å². The van der Waals surface area contributed by atoms with E-state index in [0.717, 1.165) is 16.4 Å². The molecular weight excluding hydrogens is 318 g/mol. The van der Waals surface area contributed by atoms with Crippen molar-refractivity contribution in [1.29, 1.82) is 0 Å². The van der Waals surface area contributed by atoms with Crippen molar-refractivity contribution < 1.29 is 14.4 Å². The molecule has 0 amide bonds. The van der Waals surface area contributed by atoms with Gasteiger partial charge in [-0.1, -0.05) is 42.5 Å². The van der Waals surface area contributed by atoms with Gasteiger partial charge < -0.3 is 9.52 Å². The third-order valence-electron chi connectivity index (χ3n) is 4.46. The fourth-order valence-electron chi connectivity index (χ4n) is 3.10. The highest BCUT2D eigenvalue weighted by Crippen LogP contribution is 2.33. The molecule has 0 aliphatic heterocycles. The summed E-state index contributed by atoms with van der Waals surface area (Å²) in [5.41, 5.74) is 3.14. The molecule has 0 radical (unpaired) electrons. The molecular formula is C20H15NO4. The van der Waals surface area contributed by atoms with E-state index in [0.29, 0.717) is 22.3 Å². The van der Waals surface area contributed by atoms with Crippen molar-refractivity contribution in [1.82, 2.24) is 0 Å². The van der Waals surface area contributed by atoms with Gasteiger partial charge in [-0.25, -0.2) is 0 Å². The standard InChI is InChI=1S/C20H15NO4/c1-12-6-7-13(10-17(12)21(23)24)20(22)14-8-9-16-15-4-2-3-5-18(15)25-19(16)11-14/h2-11,20,22H,1H3/t20-/m1/s1. The third-order valence-corrected chi connectivity index (χ3v) is 4.46. The first kappa shape index (κ1) is 15.4. The molecule has 0 aliphatic carbocycles. The van der Waals surface area contributed by atoms with Crippen LogP contribution in [0, 0.1) is 17.0 Å². The smallest absolute Gasteiger partial charge is 0.272 e. The Hall–Kier alpha value is -3.18. The first-order chi connectivity index (χ1) is 12.0. The lowest BCUT2D eigenvalue weighted by molar-refractivity contribution is -0.385. The summed E-state index contributed by atoms with van der Waals surface area (Å²) in [7, 11) is 0. The first-order valence-electron chi connectivity index (χ1n) is 7.89. The van der Waals surface area contributed by atoms with Gasteiger partial charge in [-0.2, -0.15) is 0 Å². The van der Waals surface area contributed by atoms with Crippen molar-refractivity contribution in [3.05, 3.63) is 87.5 Å². The van der Waals surface area contributed by atoms with Gasteiger partial charge >= 0.3 is 0 Å². The van der Waals surface area contributed by atoms with Gasteiger partial charge in [-0.15, -0.1) is 0 Å². The Bertz CT molecular complexity index is 1110. The fraction of sp³-hybridized carbons (Fsp3) is 0.100. The number of para-hydroxylation sites is 1. The highest BCUT2D eigenvalue weighted by atomic mass is 16.6. The second-order valence-corrected chi connectivity index (χ2v) is 6.06. The molecule has 4 rings (SSSR count). The van der Waals surface area contributed by atoms with Gasteiger partial charge in [0.05, 0.1) is 4.92 Å². The number of aryl methyl sites for hydroxylation is 1. The molecule has 0 unspecified atom stereocenters. The zero-order valence-electron chi connectivity index (χ0n) is 13.5. The van der Waals surface area contributed by atoms with Gasteiger partial charge in [0.25, 0.3) is 5.69 Å². The molecule has 124 valence electrons. The van der Waals surface area contributed by atoms with Crippen LogP contribution in [0.1, 0.15) is 22.8 Å². The number of hydrogen-bond acceptors (Lipinski definition) is 4. The Morgan fingerprint density at radius 2 is 1.64 bits per heavy atom. The SMILES string of the molecule is Cc1ccc([C@@H](O)c2ccc3c(c2)oc2ccccc23)cc1[N+](=O)[O-]. The lowest BCUT2D eigenvalue weighted by Gasteiger charge is -2.12. The Morgan fingerprint density at radius 3 is 2.44 bits per heavy atom. The van der Waals surface area contributed by atoms with Gasteiger partial charge in [-0.05, 0) is 30.2 Å². The molecule has 0 bridgehead atoms. The number of aliphatic hydroxyl groups is 1. The van der Waals surface area contributed by atoms with Crippen molar-refractivity contribution in [3.8, 4) is 0 Å². The molecule has 5 heteroatoms. The predicted molar refractivity (Wildman–Crippen MR) is 95.6 cm³/mol. The number of hydrogen-bond donors (Lipinski definition) is 1. The maximum Gasteiger partial charge on any atom is 0.272 e. The van der Waals surface area contributed by atoms with Gasteiger partial charge in [0.1, 0.15) is 17.3 Å². The van der Waals surface area contributed by atoms with Gasteiger partial charge in [0.2, 0.25) is 0 Å². The summed E-state index contributed by atoms with van der Waals surface area (Å²) in [5, 5.41) is 23.8. The van der Waals surface area contributed by atoms with Crippen LogP contribution in [0.3, 0.4) is 0 Å². The van der Waals surface area contributed by atoms with E-state index in [1.54, 1.807) is 25.1 Å². The van der Waals surface area contributed by atoms with Crippen molar-refractivity contribution in [2.45, 2.75) is 13.0 Å². The molecule has 4 aromatic rings. The van der Waals surface area contributed by atoms with E-state index in [1.165, 1.54) is 6.07 Å². The Labute approximate surface area is 143 Å². The second-order valence-electron chi connectivity index (χ2n) is 6.06. The maximum atomic E-state index is 11.1. The van der Waals surface area contributed by atoms with E-state index >= 15 is 0 Å². The number of nitro benzene ring substituents is 1. The molecule has 1 N–H and O–H groups in total. The fourth-order valence-corrected chi connectivity index (χ4v) is 3.10. The molecule has 0 fully saturated rings. The van der Waals surface area contributed by atoms with Crippen LogP contribution in [0.15, 0.2) is 65.1 Å². The average Bonchev–Trinajstić information content (AvgIpc) is 2.99. The highest BCUT2D eigenvalue weighted by molar-refractivity contribution is 6.04. The van der Waals surface area contributed by atoms with Gasteiger partial charge in [0.15, 0.2) is 0 Å². The highest BCUT2D eigenvalue weighted by Gasteiger charge is 2.18.